The van der Waals surface area contributed by atoms with Crippen molar-refractivity contribution in [2.24, 2.45) is 17.8 Å². The molecule has 480 valence electrons. The number of carbonyl (C=O) groups is 3. The Morgan fingerprint density at radius 2 is 0.667 bits per heavy atom. The fourth-order valence-electron chi connectivity index (χ4n) is 15.4. The van der Waals surface area contributed by atoms with Crippen LogP contribution in [0, 0.1) is 38.5 Å². The molecule has 0 bridgehead atoms. The quantitative estimate of drug-likeness (QED) is 0.0874. The number of fused-ring (bicyclic) bond motifs is 3. The first-order valence-electron chi connectivity index (χ1n) is 33.6. The fourth-order valence-corrected chi connectivity index (χ4v) is 15.4. The lowest BCUT2D eigenvalue weighted by molar-refractivity contribution is 0.0613. The van der Waals surface area contributed by atoms with Crippen LogP contribution in [0.15, 0.2) is 91.4 Å². The smallest absolute Gasteiger partial charge is 0.251 e. The van der Waals surface area contributed by atoms with Crippen LogP contribution in [0.25, 0.3) is 0 Å². The third-order valence-corrected chi connectivity index (χ3v) is 20.2. The third kappa shape index (κ3) is 14.8. The van der Waals surface area contributed by atoms with Gasteiger partial charge in [0.25, 0.3) is 17.7 Å². The van der Waals surface area contributed by atoms with Gasteiger partial charge in [-0.25, -0.2) is 14.0 Å². The number of carbonyl (C=O) groups excluding carboxylic acids is 3. The molecule has 9 fully saturated rings. The summed E-state index contributed by atoms with van der Waals surface area (Å²) in [5.41, 5.74) is 8.37. The predicted molar refractivity (Wildman–Crippen MR) is 334 cm³/mol. The van der Waals surface area contributed by atoms with Crippen molar-refractivity contribution >= 4 is 17.7 Å². The van der Waals surface area contributed by atoms with Gasteiger partial charge in [-0.2, -0.15) is 0 Å². The maximum atomic E-state index is 12.6. The van der Waals surface area contributed by atoms with Crippen molar-refractivity contribution in [1.29, 1.82) is 0 Å². The van der Waals surface area contributed by atoms with Crippen molar-refractivity contribution in [2.45, 2.75) is 209 Å². The summed E-state index contributed by atoms with van der Waals surface area (Å²) in [4.78, 5) is 37.9. The van der Waals surface area contributed by atoms with Crippen molar-refractivity contribution in [2.75, 3.05) is 39.6 Å². The zero-order valence-electron chi connectivity index (χ0n) is 52.5. The number of hydrogen-bond donors (Lipinski definition) is 3. The van der Waals surface area contributed by atoms with Crippen LogP contribution >= 0.6 is 0 Å². The highest BCUT2D eigenvalue weighted by Crippen LogP contribution is 2.38. The Kier molecular flexibility index (Phi) is 19.9. The number of aromatic nitrogens is 9. The lowest BCUT2D eigenvalue weighted by atomic mass is 9.86. The molecular formula is C69H90N12O9. The van der Waals surface area contributed by atoms with E-state index in [1.54, 1.807) is 0 Å². The second kappa shape index (κ2) is 28.8. The van der Waals surface area contributed by atoms with Crippen molar-refractivity contribution in [3.63, 3.8) is 0 Å². The molecule has 9 heterocycles. The molecular weight excluding hydrogens is 1140 g/mol. The lowest BCUT2D eigenvalue weighted by Crippen LogP contribution is -2.44. The number of nitrogens with one attached hydrogen (secondary N) is 3. The predicted octanol–water partition coefficient (Wildman–Crippen LogP) is 8.54. The van der Waals surface area contributed by atoms with Gasteiger partial charge in [0.15, 0.2) is 0 Å². The molecule has 21 heteroatoms. The number of hydrogen-bond acceptors (Lipinski definition) is 15. The minimum atomic E-state index is -0.158. The zero-order valence-corrected chi connectivity index (χ0v) is 52.5. The summed E-state index contributed by atoms with van der Waals surface area (Å²) in [6.45, 7) is 8.88. The number of amides is 3. The maximum Gasteiger partial charge on any atom is 0.251 e. The first kappa shape index (κ1) is 62.1. The van der Waals surface area contributed by atoms with Crippen LogP contribution in [0.1, 0.15) is 179 Å². The van der Waals surface area contributed by atoms with Crippen LogP contribution in [-0.2, 0) is 47.7 Å². The molecule has 3 aliphatic carbocycles. The van der Waals surface area contributed by atoms with Gasteiger partial charge in [-0.15, -0.1) is 15.3 Å². The van der Waals surface area contributed by atoms with Crippen LogP contribution in [0.3, 0.4) is 0 Å². The summed E-state index contributed by atoms with van der Waals surface area (Å²) >= 11 is 0. The van der Waals surface area contributed by atoms with Crippen molar-refractivity contribution in [3.8, 4) is 0 Å². The second-order valence-corrected chi connectivity index (χ2v) is 27.0. The number of aryl methyl sites for hydroxylation is 3. The van der Waals surface area contributed by atoms with Gasteiger partial charge in [0.1, 0.15) is 54.7 Å². The largest absolute Gasteiger partial charge is 0.371 e. The zero-order chi connectivity index (χ0) is 61.5. The molecule has 3 aromatic carbocycles. The maximum absolute atomic E-state index is 12.6. The van der Waals surface area contributed by atoms with Crippen LogP contribution in [0.2, 0.25) is 0 Å². The molecule has 15 rings (SSSR count). The second-order valence-electron chi connectivity index (χ2n) is 27.0. The molecule has 6 saturated heterocycles. The molecule has 6 aliphatic heterocycles. The summed E-state index contributed by atoms with van der Waals surface area (Å²) < 4.78 is 42.0. The van der Waals surface area contributed by atoms with Crippen molar-refractivity contribution < 1.29 is 42.8 Å². The van der Waals surface area contributed by atoms with E-state index < -0.39 is 0 Å². The van der Waals surface area contributed by atoms with Gasteiger partial charge in [0, 0.05) is 35.3 Å². The molecule has 9 aliphatic rings. The Bertz CT molecular complexity index is 3020. The molecule has 21 nitrogen and oxygen atoms in total. The minimum absolute atomic E-state index is 0.00322. The van der Waals surface area contributed by atoms with Crippen molar-refractivity contribution in [3.05, 3.63) is 142 Å². The summed E-state index contributed by atoms with van der Waals surface area (Å²) in [5, 5.41) is 35.7. The normalized spacial score (nSPS) is 29.1. The SMILES string of the molecule is Cc1cccc(C(=O)N[C@H]2CO[C@H]3[C@@H]2OC[C@@H]3n2cc(CC3CCCCC3)nn2)c1.Cc1cccc(C(=O)N[C@H]2CO[C@H]3[C@@H]2OC[C@@H]3n2cc(CC3CCCCC3)nn2)c1.Cc1cccc(C(=O)N[C@H]2CO[C@H]3[C@@H]2OC[C@@H]3n2cc(CC3CCCCC3)nn2)c1. The van der Waals surface area contributed by atoms with Gasteiger partial charge in [-0.05, 0) is 94.2 Å². The number of benzene rings is 3. The summed E-state index contributed by atoms with van der Waals surface area (Å²) in [5.74, 6) is 1.95. The lowest BCUT2D eigenvalue weighted by Gasteiger charge is -2.20. The van der Waals surface area contributed by atoms with E-state index in [1.165, 1.54) is 96.3 Å². The van der Waals surface area contributed by atoms with E-state index in [1.807, 2.05) is 108 Å². The van der Waals surface area contributed by atoms with E-state index in [4.69, 9.17) is 28.4 Å². The molecule has 3 saturated carbocycles. The summed E-state index contributed by atoms with van der Waals surface area (Å²) in [6.07, 6.45) is 28.3. The van der Waals surface area contributed by atoms with E-state index in [0.29, 0.717) is 56.3 Å². The van der Waals surface area contributed by atoms with Crippen LogP contribution in [-0.4, -0.2) is 157 Å². The van der Waals surface area contributed by atoms with E-state index >= 15 is 0 Å². The van der Waals surface area contributed by atoms with E-state index in [-0.39, 0.29) is 90.6 Å². The van der Waals surface area contributed by atoms with Gasteiger partial charge in [0.05, 0.1) is 74.8 Å². The number of ether oxygens (including phenoxy) is 6. The van der Waals surface area contributed by atoms with E-state index in [9.17, 15) is 14.4 Å². The van der Waals surface area contributed by atoms with Gasteiger partial charge in [0.2, 0.25) is 0 Å². The third-order valence-electron chi connectivity index (χ3n) is 20.2. The molecule has 3 N–H and O–H groups in total. The molecule has 0 spiro atoms. The molecule has 90 heavy (non-hydrogen) atoms. The molecule has 12 atom stereocenters. The average molecular weight is 1230 g/mol. The highest BCUT2D eigenvalue weighted by molar-refractivity contribution is 5.95. The summed E-state index contributed by atoms with van der Waals surface area (Å²) in [6, 6.07) is 22.4. The standard InChI is InChI=1S/3C23H30N4O3/c3*1-15-6-5-9-17(10-15)23(28)24-19-13-29-22-20(14-30-21(19)22)27-12-18(25-26-27)11-16-7-3-2-4-8-16/h3*5-6,9-10,12,16,19-22H,2-4,7-8,11,13-14H2,1H3,(H,24,28)/t3*19-,20-,21+,22+/m000/s1. The van der Waals surface area contributed by atoms with Gasteiger partial charge in [-0.1, -0.05) is 165 Å². The van der Waals surface area contributed by atoms with Crippen LogP contribution in [0.4, 0.5) is 0 Å². The molecule has 3 aromatic heterocycles. The highest BCUT2D eigenvalue weighted by atomic mass is 16.6. The highest BCUT2D eigenvalue weighted by Gasteiger charge is 2.52. The van der Waals surface area contributed by atoms with Gasteiger partial charge >= 0.3 is 0 Å². The number of rotatable bonds is 15. The first-order valence-corrected chi connectivity index (χ1v) is 33.6. The van der Waals surface area contributed by atoms with Crippen molar-refractivity contribution in [1.82, 2.24) is 60.9 Å². The summed E-state index contributed by atoms with van der Waals surface area (Å²) in [7, 11) is 0. The van der Waals surface area contributed by atoms with Gasteiger partial charge < -0.3 is 44.4 Å². The monoisotopic (exact) mass is 1230 g/mol. The Balaban J connectivity index is 0.000000124. The molecule has 6 aromatic rings. The number of nitrogens with zero attached hydrogens (tertiary/aromatic N) is 9. The fraction of sp³-hybridized carbons (Fsp3) is 0.609. The first-order chi connectivity index (χ1) is 44.0. The Labute approximate surface area is 527 Å². The van der Waals surface area contributed by atoms with E-state index in [0.717, 1.165) is 70.8 Å². The Morgan fingerprint density at radius 1 is 0.389 bits per heavy atom. The molecule has 3 amide bonds. The minimum Gasteiger partial charge on any atom is -0.371 e. The van der Waals surface area contributed by atoms with Gasteiger partial charge in [-0.3, -0.25) is 14.4 Å². The Morgan fingerprint density at radius 3 is 0.944 bits per heavy atom. The van der Waals surface area contributed by atoms with Crippen LogP contribution < -0.4 is 16.0 Å². The molecule has 0 radical (unpaired) electrons. The van der Waals surface area contributed by atoms with Crippen LogP contribution in [0.5, 0.6) is 0 Å². The average Bonchev–Trinajstić information content (AvgIpc) is 2.07. The molecule has 0 unspecified atom stereocenters. The van der Waals surface area contributed by atoms with E-state index in [2.05, 4.69) is 65.5 Å². The Hall–Kier alpha value is -6.75. The topological polar surface area (TPSA) is 235 Å².